The number of imide groups is 1. The highest BCUT2D eigenvalue weighted by molar-refractivity contribution is 6.22. The number of hydrogen-bond donors (Lipinski definition) is 0. The van der Waals surface area contributed by atoms with Crippen LogP contribution in [0.1, 0.15) is 51.6 Å². The summed E-state index contributed by atoms with van der Waals surface area (Å²) in [4.78, 5) is 39.1. The number of fused-ring (bicyclic) bond motifs is 1. The van der Waals surface area contributed by atoms with Crippen LogP contribution < -0.4 is 0 Å². The Kier molecular flexibility index (Phi) is 4.63. The molecule has 7 nitrogen and oxygen atoms in total. The minimum absolute atomic E-state index is 0.0214. The molecule has 1 aromatic heterocycles. The van der Waals surface area contributed by atoms with Gasteiger partial charge in [0, 0.05) is 0 Å². The summed E-state index contributed by atoms with van der Waals surface area (Å²) in [7, 11) is 0. The molecule has 0 saturated heterocycles. The largest absolute Gasteiger partial charge is 0.459 e. The van der Waals surface area contributed by atoms with Gasteiger partial charge in [-0.25, -0.2) is 4.79 Å². The molecule has 1 atom stereocenters. The Morgan fingerprint density at radius 1 is 1.15 bits per heavy atom. The molecule has 0 bridgehead atoms. The van der Waals surface area contributed by atoms with Crippen molar-refractivity contribution in [1.82, 2.24) is 10.1 Å². The Balaban J connectivity index is 1.83. The molecule has 0 radical (unpaired) electrons. The molecule has 2 amide bonds. The van der Waals surface area contributed by atoms with E-state index in [-0.39, 0.29) is 12.5 Å². The van der Waals surface area contributed by atoms with Gasteiger partial charge in [-0.2, -0.15) is 0 Å². The number of carbonyl (C=O) groups excluding carboxylic acids is 3. The van der Waals surface area contributed by atoms with Crippen molar-refractivity contribution in [2.75, 3.05) is 0 Å². The number of aromatic nitrogens is 1. The van der Waals surface area contributed by atoms with Gasteiger partial charge in [0.1, 0.15) is 18.4 Å². The van der Waals surface area contributed by atoms with Crippen LogP contribution in [0.2, 0.25) is 0 Å². The lowest BCUT2D eigenvalue weighted by atomic mass is 10.0. The summed E-state index contributed by atoms with van der Waals surface area (Å²) in [6, 6.07) is 5.55. The third-order valence-corrected chi connectivity index (χ3v) is 4.52. The summed E-state index contributed by atoms with van der Waals surface area (Å²) in [6.45, 7) is 7.00. The molecular formula is C19H20N2O5. The summed E-state index contributed by atoms with van der Waals surface area (Å²) in [6.07, 6.45) is 0. The first-order valence-corrected chi connectivity index (χ1v) is 8.38. The number of amides is 2. The van der Waals surface area contributed by atoms with Gasteiger partial charge in [0.05, 0.1) is 22.4 Å². The molecule has 2 heterocycles. The number of ether oxygens (including phenoxy) is 1. The molecule has 1 aromatic carbocycles. The van der Waals surface area contributed by atoms with Crippen LogP contribution in [0.15, 0.2) is 28.8 Å². The van der Waals surface area contributed by atoms with Crippen LogP contribution >= 0.6 is 0 Å². The van der Waals surface area contributed by atoms with Gasteiger partial charge in [0.15, 0.2) is 0 Å². The average molecular weight is 356 g/mol. The van der Waals surface area contributed by atoms with E-state index in [1.165, 1.54) is 0 Å². The predicted octanol–water partition coefficient (Wildman–Crippen LogP) is 2.66. The summed E-state index contributed by atoms with van der Waals surface area (Å²) < 4.78 is 10.4. The fourth-order valence-electron chi connectivity index (χ4n) is 3.07. The molecule has 0 saturated carbocycles. The standard InChI is InChI=1S/C19H20N2O5/c1-10(2)16(19(24)25-9-15-11(3)20-26-12(15)4)21-17(22)13-7-5-6-8-14(13)18(21)23/h5-8,10,16H,9H2,1-4H3. The summed E-state index contributed by atoms with van der Waals surface area (Å²) in [5.74, 6) is -1.31. The van der Waals surface area contributed by atoms with Gasteiger partial charge in [0.2, 0.25) is 0 Å². The molecule has 1 unspecified atom stereocenters. The van der Waals surface area contributed by atoms with Crippen molar-refractivity contribution < 1.29 is 23.6 Å². The van der Waals surface area contributed by atoms with Gasteiger partial charge >= 0.3 is 5.97 Å². The highest BCUT2D eigenvalue weighted by atomic mass is 16.5. The first-order chi connectivity index (χ1) is 12.3. The van der Waals surface area contributed by atoms with Gasteiger partial charge < -0.3 is 9.26 Å². The van der Waals surface area contributed by atoms with Crippen molar-refractivity contribution >= 4 is 17.8 Å². The second-order valence-electron chi connectivity index (χ2n) is 6.63. The summed E-state index contributed by atoms with van der Waals surface area (Å²) >= 11 is 0. The van der Waals surface area contributed by atoms with Crippen LogP contribution in [0.5, 0.6) is 0 Å². The van der Waals surface area contributed by atoms with E-state index in [4.69, 9.17) is 9.26 Å². The molecule has 136 valence electrons. The quantitative estimate of drug-likeness (QED) is 0.604. The maximum Gasteiger partial charge on any atom is 0.329 e. The van der Waals surface area contributed by atoms with Crippen molar-refractivity contribution in [2.24, 2.45) is 5.92 Å². The second kappa shape index (κ2) is 6.74. The highest BCUT2D eigenvalue weighted by Gasteiger charge is 2.44. The number of hydrogen-bond acceptors (Lipinski definition) is 6. The molecule has 7 heteroatoms. The van der Waals surface area contributed by atoms with Crippen LogP contribution in [0.4, 0.5) is 0 Å². The van der Waals surface area contributed by atoms with Crippen LogP contribution in [-0.2, 0) is 16.1 Å². The Morgan fingerprint density at radius 2 is 1.73 bits per heavy atom. The average Bonchev–Trinajstić information content (AvgIpc) is 3.05. The normalized spacial score (nSPS) is 14.7. The Bertz CT molecular complexity index is 829. The van der Waals surface area contributed by atoms with E-state index in [9.17, 15) is 14.4 Å². The van der Waals surface area contributed by atoms with E-state index in [0.717, 1.165) is 4.90 Å². The first kappa shape index (κ1) is 17.8. The molecule has 2 aromatic rings. The van der Waals surface area contributed by atoms with E-state index in [1.54, 1.807) is 52.0 Å². The van der Waals surface area contributed by atoms with Gasteiger partial charge in [0.25, 0.3) is 11.8 Å². The van der Waals surface area contributed by atoms with E-state index in [0.29, 0.717) is 28.1 Å². The number of aryl methyl sites for hydroxylation is 2. The highest BCUT2D eigenvalue weighted by Crippen LogP contribution is 2.28. The summed E-state index contributed by atoms with van der Waals surface area (Å²) in [5, 5.41) is 3.82. The molecule has 0 N–H and O–H groups in total. The third-order valence-electron chi connectivity index (χ3n) is 4.52. The van der Waals surface area contributed by atoms with Crippen LogP contribution in [0.25, 0.3) is 0 Å². The van der Waals surface area contributed by atoms with Crippen molar-refractivity contribution in [3.63, 3.8) is 0 Å². The van der Waals surface area contributed by atoms with Crippen molar-refractivity contribution in [3.05, 3.63) is 52.4 Å². The van der Waals surface area contributed by atoms with E-state index < -0.39 is 23.8 Å². The van der Waals surface area contributed by atoms with Gasteiger partial charge in [-0.05, 0) is 31.9 Å². The van der Waals surface area contributed by atoms with Gasteiger partial charge in [-0.3, -0.25) is 14.5 Å². The Labute approximate surface area is 150 Å². The zero-order valence-electron chi connectivity index (χ0n) is 15.1. The van der Waals surface area contributed by atoms with Gasteiger partial charge in [-0.1, -0.05) is 31.1 Å². The lowest BCUT2D eigenvalue weighted by molar-refractivity contribution is -0.151. The lowest BCUT2D eigenvalue weighted by Gasteiger charge is -2.27. The minimum Gasteiger partial charge on any atom is -0.459 e. The number of rotatable bonds is 5. The molecule has 3 rings (SSSR count). The third kappa shape index (κ3) is 2.89. The fraction of sp³-hybridized carbons (Fsp3) is 0.368. The van der Waals surface area contributed by atoms with Crippen molar-refractivity contribution in [2.45, 2.75) is 40.3 Å². The molecular weight excluding hydrogens is 336 g/mol. The lowest BCUT2D eigenvalue weighted by Crippen LogP contribution is -2.48. The number of nitrogens with zero attached hydrogens (tertiary/aromatic N) is 2. The monoisotopic (exact) mass is 356 g/mol. The molecule has 26 heavy (non-hydrogen) atoms. The maximum atomic E-state index is 12.7. The fourth-order valence-corrected chi connectivity index (χ4v) is 3.07. The van der Waals surface area contributed by atoms with E-state index in [1.807, 2.05) is 0 Å². The topological polar surface area (TPSA) is 89.7 Å². The Hall–Kier alpha value is -2.96. The number of benzene rings is 1. The zero-order chi connectivity index (χ0) is 19.0. The van der Waals surface area contributed by atoms with Crippen molar-refractivity contribution in [3.8, 4) is 0 Å². The van der Waals surface area contributed by atoms with Crippen LogP contribution in [0, 0.1) is 19.8 Å². The second-order valence-corrected chi connectivity index (χ2v) is 6.63. The molecule has 1 aliphatic heterocycles. The summed E-state index contributed by atoms with van der Waals surface area (Å²) in [5.41, 5.74) is 1.93. The predicted molar refractivity (Wildman–Crippen MR) is 91.3 cm³/mol. The maximum absolute atomic E-state index is 12.7. The first-order valence-electron chi connectivity index (χ1n) is 8.38. The smallest absolute Gasteiger partial charge is 0.329 e. The van der Waals surface area contributed by atoms with E-state index in [2.05, 4.69) is 5.16 Å². The molecule has 0 spiro atoms. The minimum atomic E-state index is -0.997. The number of carbonyl (C=O) groups is 3. The SMILES string of the molecule is Cc1noc(C)c1COC(=O)C(C(C)C)N1C(=O)c2ccccc2C1=O. The Morgan fingerprint density at radius 3 is 2.19 bits per heavy atom. The zero-order valence-corrected chi connectivity index (χ0v) is 15.1. The molecule has 0 fully saturated rings. The molecule has 1 aliphatic rings. The van der Waals surface area contributed by atoms with Crippen LogP contribution in [-0.4, -0.2) is 33.9 Å². The van der Waals surface area contributed by atoms with Crippen LogP contribution in [0.3, 0.4) is 0 Å². The van der Waals surface area contributed by atoms with Crippen molar-refractivity contribution in [1.29, 1.82) is 0 Å². The van der Waals surface area contributed by atoms with E-state index >= 15 is 0 Å². The number of esters is 1. The van der Waals surface area contributed by atoms with Gasteiger partial charge in [-0.15, -0.1) is 0 Å². The molecule has 0 aliphatic carbocycles.